The third-order valence-electron chi connectivity index (χ3n) is 14.1. The first-order chi connectivity index (χ1) is 33.2. The van der Waals surface area contributed by atoms with Crippen molar-refractivity contribution in [2.24, 2.45) is 0 Å². The third-order valence-corrected chi connectivity index (χ3v) is 14.1. The normalized spacial score (nSPS) is 14.1. The van der Waals surface area contributed by atoms with Gasteiger partial charge in [-0.15, -0.1) is 0 Å². The summed E-state index contributed by atoms with van der Waals surface area (Å²) in [5.74, 6) is 1.80. The highest BCUT2D eigenvalue weighted by Crippen LogP contribution is 2.55. The fourth-order valence-electron chi connectivity index (χ4n) is 10.5. The summed E-state index contributed by atoms with van der Waals surface area (Å²) in [6.07, 6.45) is 0. The van der Waals surface area contributed by atoms with Crippen molar-refractivity contribution in [1.82, 2.24) is 15.0 Å². The van der Waals surface area contributed by atoms with Crippen molar-refractivity contribution in [3.05, 3.63) is 247 Å². The maximum absolute atomic E-state index is 5.40. The van der Waals surface area contributed by atoms with Crippen molar-refractivity contribution < 1.29 is 0 Å². The Morgan fingerprint density at radius 3 is 0.868 bits per heavy atom. The lowest BCUT2D eigenvalue weighted by atomic mass is 9.73. The van der Waals surface area contributed by atoms with E-state index in [1.807, 2.05) is 12.1 Å². The van der Waals surface area contributed by atoms with E-state index in [4.69, 9.17) is 15.0 Å². The van der Waals surface area contributed by atoms with Crippen LogP contribution in [0.1, 0.15) is 49.9 Å². The van der Waals surface area contributed by atoms with Crippen LogP contribution in [0.5, 0.6) is 0 Å². The Morgan fingerprint density at radius 2 is 0.529 bits per heavy atom. The summed E-state index contributed by atoms with van der Waals surface area (Å²) in [6, 6.07) is 80.3. The molecule has 0 N–H and O–H groups in total. The van der Waals surface area contributed by atoms with E-state index in [-0.39, 0.29) is 10.8 Å². The molecule has 2 aliphatic rings. The average molecular weight is 876 g/mol. The Labute approximate surface area is 398 Å². The minimum absolute atomic E-state index is 0.218. The molecule has 5 heteroatoms. The van der Waals surface area contributed by atoms with Gasteiger partial charge in [0.2, 0.25) is 0 Å². The van der Waals surface area contributed by atoms with Gasteiger partial charge in [-0.1, -0.05) is 210 Å². The molecule has 12 rings (SSSR count). The molecule has 10 aromatic rings. The standard InChI is InChI=1S/C63H49N5/c1-62(2)51-23-11-15-27-55(51)67(56-28-16-12-24-52(56)62)49-39-48(40-50(41-49)68-57-29-17-13-25-53(57)63(3,4)54-26-14-18-30-58(54)68)61-65-59(46-35-31-44(32-36-46)42-19-7-5-8-20-42)64-60(66-61)47-37-33-45(34-38-47)43-21-9-6-10-22-43/h5-41H,1-4H3. The number of fused-ring (bicyclic) bond motifs is 4. The molecule has 0 fully saturated rings. The van der Waals surface area contributed by atoms with Crippen molar-refractivity contribution >= 4 is 34.1 Å². The topological polar surface area (TPSA) is 45.2 Å². The van der Waals surface area contributed by atoms with Crippen LogP contribution in [-0.4, -0.2) is 15.0 Å². The van der Waals surface area contributed by atoms with Gasteiger partial charge in [-0.25, -0.2) is 15.0 Å². The van der Waals surface area contributed by atoms with Crippen LogP contribution in [0.15, 0.2) is 224 Å². The zero-order valence-corrected chi connectivity index (χ0v) is 38.6. The summed E-state index contributed by atoms with van der Waals surface area (Å²) in [5.41, 5.74) is 18.5. The molecule has 0 aliphatic carbocycles. The molecule has 3 heterocycles. The minimum atomic E-state index is -0.218. The zero-order chi connectivity index (χ0) is 46.0. The highest BCUT2D eigenvalue weighted by molar-refractivity contribution is 5.93. The van der Waals surface area contributed by atoms with Gasteiger partial charge in [0, 0.05) is 38.9 Å². The summed E-state index contributed by atoms with van der Waals surface area (Å²) in [7, 11) is 0. The summed E-state index contributed by atoms with van der Waals surface area (Å²) in [6.45, 7) is 9.33. The first kappa shape index (κ1) is 41.1. The van der Waals surface area contributed by atoms with Crippen molar-refractivity contribution in [3.8, 4) is 56.4 Å². The van der Waals surface area contributed by atoms with Crippen LogP contribution >= 0.6 is 0 Å². The molecule has 0 radical (unpaired) electrons. The maximum Gasteiger partial charge on any atom is 0.164 e. The van der Waals surface area contributed by atoms with Gasteiger partial charge in [0.05, 0.1) is 22.7 Å². The lowest BCUT2D eigenvalue weighted by Crippen LogP contribution is -2.31. The fourth-order valence-corrected chi connectivity index (χ4v) is 10.5. The van der Waals surface area contributed by atoms with Crippen LogP contribution in [0.4, 0.5) is 34.1 Å². The van der Waals surface area contributed by atoms with Gasteiger partial charge in [-0.05, 0) is 87.0 Å². The van der Waals surface area contributed by atoms with Crippen molar-refractivity contribution in [3.63, 3.8) is 0 Å². The summed E-state index contributed by atoms with van der Waals surface area (Å²) < 4.78 is 0. The number of hydrogen-bond acceptors (Lipinski definition) is 5. The van der Waals surface area contributed by atoms with Crippen molar-refractivity contribution in [1.29, 1.82) is 0 Å². The minimum Gasteiger partial charge on any atom is -0.310 e. The molecular weight excluding hydrogens is 827 g/mol. The van der Waals surface area contributed by atoms with Crippen molar-refractivity contribution in [2.45, 2.75) is 38.5 Å². The van der Waals surface area contributed by atoms with Gasteiger partial charge in [-0.2, -0.15) is 0 Å². The van der Waals surface area contributed by atoms with Crippen LogP contribution in [0.3, 0.4) is 0 Å². The molecule has 9 aromatic carbocycles. The van der Waals surface area contributed by atoms with E-state index >= 15 is 0 Å². The van der Waals surface area contributed by atoms with Gasteiger partial charge in [0.25, 0.3) is 0 Å². The van der Waals surface area contributed by atoms with Gasteiger partial charge in [-0.3, -0.25) is 0 Å². The first-order valence-electron chi connectivity index (χ1n) is 23.4. The molecule has 0 saturated carbocycles. The quantitative estimate of drug-likeness (QED) is 0.160. The Bertz CT molecular complexity index is 3180. The molecule has 0 atom stereocenters. The molecule has 68 heavy (non-hydrogen) atoms. The highest BCUT2D eigenvalue weighted by atomic mass is 15.2. The number of para-hydroxylation sites is 4. The summed E-state index contributed by atoms with van der Waals surface area (Å²) in [5, 5.41) is 0. The van der Waals surface area contributed by atoms with E-state index < -0.39 is 0 Å². The zero-order valence-electron chi connectivity index (χ0n) is 38.6. The summed E-state index contributed by atoms with van der Waals surface area (Å²) >= 11 is 0. The molecule has 1 aromatic heterocycles. The monoisotopic (exact) mass is 875 g/mol. The Balaban J connectivity index is 1.10. The van der Waals surface area contributed by atoms with E-state index in [0.29, 0.717) is 17.5 Å². The molecule has 0 spiro atoms. The van der Waals surface area contributed by atoms with Crippen LogP contribution in [-0.2, 0) is 10.8 Å². The molecule has 5 nitrogen and oxygen atoms in total. The Hall–Kier alpha value is -8.41. The lowest BCUT2D eigenvalue weighted by Gasteiger charge is -2.43. The van der Waals surface area contributed by atoms with E-state index in [1.165, 1.54) is 22.3 Å². The van der Waals surface area contributed by atoms with Gasteiger partial charge >= 0.3 is 0 Å². The highest BCUT2D eigenvalue weighted by Gasteiger charge is 2.39. The SMILES string of the molecule is CC1(C)c2ccccc2N(c2cc(-c3nc(-c4ccc(-c5ccccc5)cc4)nc(-c4ccc(-c5ccccc5)cc4)n3)cc(N3c4ccccc4C(C)(C)c4ccccc43)c2)c2ccccc21. The van der Waals surface area contributed by atoms with E-state index in [0.717, 1.165) is 73.1 Å². The number of nitrogens with zero attached hydrogens (tertiary/aromatic N) is 5. The number of aromatic nitrogens is 3. The van der Waals surface area contributed by atoms with Crippen LogP contribution < -0.4 is 9.80 Å². The molecular formula is C63H49N5. The smallest absolute Gasteiger partial charge is 0.164 e. The van der Waals surface area contributed by atoms with Gasteiger partial charge in [0.15, 0.2) is 17.5 Å². The molecule has 2 aliphatic heterocycles. The fraction of sp³-hybridized carbons (Fsp3) is 0.0952. The van der Waals surface area contributed by atoms with E-state index in [1.54, 1.807) is 0 Å². The predicted molar refractivity (Wildman–Crippen MR) is 281 cm³/mol. The van der Waals surface area contributed by atoms with Crippen molar-refractivity contribution in [2.75, 3.05) is 9.80 Å². The second-order valence-electron chi connectivity index (χ2n) is 18.9. The van der Waals surface area contributed by atoms with E-state index in [2.05, 4.69) is 250 Å². The third kappa shape index (κ3) is 6.89. The summed E-state index contributed by atoms with van der Waals surface area (Å²) in [4.78, 5) is 20.9. The Morgan fingerprint density at radius 1 is 0.265 bits per heavy atom. The molecule has 326 valence electrons. The van der Waals surface area contributed by atoms with Crippen LogP contribution in [0.25, 0.3) is 56.4 Å². The number of hydrogen-bond donors (Lipinski definition) is 0. The largest absolute Gasteiger partial charge is 0.310 e. The first-order valence-corrected chi connectivity index (χ1v) is 23.4. The second-order valence-corrected chi connectivity index (χ2v) is 18.9. The maximum atomic E-state index is 5.40. The number of benzene rings is 9. The number of rotatable bonds is 7. The van der Waals surface area contributed by atoms with Crippen LogP contribution in [0, 0.1) is 0 Å². The van der Waals surface area contributed by atoms with E-state index in [9.17, 15) is 0 Å². The average Bonchev–Trinajstić information content (AvgIpc) is 3.39. The predicted octanol–water partition coefficient (Wildman–Crippen LogP) is 16.4. The lowest BCUT2D eigenvalue weighted by molar-refractivity contribution is 0.631. The van der Waals surface area contributed by atoms with Crippen LogP contribution in [0.2, 0.25) is 0 Å². The molecule has 0 bridgehead atoms. The van der Waals surface area contributed by atoms with Gasteiger partial charge < -0.3 is 9.80 Å². The number of anilines is 6. The molecule has 0 saturated heterocycles. The van der Waals surface area contributed by atoms with Gasteiger partial charge in [0.1, 0.15) is 0 Å². The Kier molecular flexibility index (Phi) is 9.77. The molecule has 0 amide bonds. The second kappa shape index (κ2) is 16.2. The molecule has 0 unspecified atom stereocenters.